The van der Waals surface area contributed by atoms with Crippen molar-refractivity contribution in [3.05, 3.63) is 60.3 Å². The molecule has 18 heavy (non-hydrogen) atoms. The maximum absolute atomic E-state index is 9.19. The van der Waals surface area contributed by atoms with Crippen molar-refractivity contribution in [2.24, 2.45) is 0 Å². The van der Waals surface area contributed by atoms with Gasteiger partial charge in [0.05, 0.1) is 0 Å². The lowest BCUT2D eigenvalue weighted by atomic mass is 10.2. The Kier molecular flexibility index (Phi) is 2.65. The molecule has 0 aliphatic heterocycles. The lowest BCUT2D eigenvalue weighted by Crippen LogP contribution is -1.93. The number of hydrogen-bond donors (Lipinski definition) is 2. The Bertz CT molecular complexity index is 656. The third-order valence-electron chi connectivity index (χ3n) is 2.91. The van der Waals surface area contributed by atoms with Crippen LogP contribution in [-0.2, 0) is 6.61 Å². The Labute approximate surface area is 105 Å². The van der Waals surface area contributed by atoms with Crippen molar-refractivity contribution in [2.45, 2.75) is 6.61 Å². The van der Waals surface area contributed by atoms with E-state index in [1.54, 1.807) is 24.3 Å². The highest BCUT2D eigenvalue weighted by molar-refractivity contribution is 5.82. The minimum Gasteiger partial charge on any atom is -0.508 e. The van der Waals surface area contributed by atoms with Gasteiger partial charge in [-0.1, -0.05) is 18.2 Å². The number of phenols is 1. The highest BCUT2D eigenvalue weighted by Crippen LogP contribution is 2.21. The molecule has 0 radical (unpaired) electrons. The zero-order valence-electron chi connectivity index (χ0n) is 9.76. The molecule has 3 rings (SSSR count). The van der Waals surface area contributed by atoms with E-state index in [-0.39, 0.29) is 5.75 Å². The first-order valence-electron chi connectivity index (χ1n) is 5.80. The smallest absolute Gasteiger partial charge is 0.120 e. The lowest BCUT2D eigenvalue weighted by Gasteiger charge is -2.05. The average Bonchev–Trinajstić information content (AvgIpc) is 2.82. The van der Waals surface area contributed by atoms with Crippen molar-refractivity contribution in [1.82, 2.24) is 4.98 Å². The molecule has 0 fully saturated rings. The summed E-state index contributed by atoms with van der Waals surface area (Å²) in [6.45, 7) is 0.509. The number of benzene rings is 2. The van der Waals surface area contributed by atoms with Gasteiger partial charge in [-0.15, -0.1) is 0 Å². The molecule has 0 unspecified atom stereocenters. The highest BCUT2D eigenvalue weighted by atomic mass is 16.5. The van der Waals surface area contributed by atoms with Crippen molar-refractivity contribution in [1.29, 1.82) is 0 Å². The number of ether oxygens (including phenoxy) is 1. The Morgan fingerprint density at radius 2 is 1.78 bits per heavy atom. The molecule has 0 atom stereocenters. The van der Waals surface area contributed by atoms with Crippen LogP contribution in [0.3, 0.4) is 0 Å². The fourth-order valence-corrected chi connectivity index (χ4v) is 1.95. The van der Waals surface area contributed by atoms with Gasteiger partial charge in [0.25, 0.3) is 0 Å². The molecule has 2 N–H and O–H groups in total. The summed E-state index contributed by atoms with van der Waals surface area (Å²) in [4.78, 5) is 3.21. The van der Waals surface area contributed by atoms with E-state index in [2.05, 4.69) is 11.1 Å². The highest BCUT2D eigenvalue weighted by Gasteiger charge is 2.03. The summed E-state index contributed by atoms with van der Waals surface area (Å²) in [6.07, 6.45) is 1.96. The molecule has 1 heterocycles. The Hall–Kier alpha value is -2.42. The van der Waals surface area contributed by atoms with Crippen LogP contribution >= 0.6 is 0 Å². The molecule has 0 spiro atoms. The topological polar surface area (TPSA) is 45.2 Å². The molecule has 3 heteroatoms. The zero-order valence-corrected chi connectivity index (χ0v) is 9.76. The maximum atomic E-state index is 9.19. The monoisotopic (exact) mass is 239 g/mol. The van der Waals surface area contributed by atoms with Crippen LogP contribution in [0.2, 0.25) is 0 Å². The second kappa shape index (κ2) is 4.45. The summed E-state index contributed by atoms with van der Waals surface area (Å²) in [7, 11) is 0. The van der Waals surface area contributed by atoms with E-state index in [0.717, 1.165) is 16.8 Å². The molecule has 3 aromatic rings. The summed E-state index contributed by atoms with van der Waals surface area (Å²) in [5.74, 6) is 0.993. The average molecular weight is 239 g/mol. The first kappa shape index (κ1) is 10.7. The van der Waals surface area contributed by atoms with Crippen LogP contribution in [0.1, 0.15) is 5.56 Å². The standard InChI is InChI=1S/C15H13NO2/c17-12-5-7-13(8-6-12)18-10-11-9-16-15-4-2-1-3-14(11)15/h1-9,16-17H,10H2. The summed E-state index contributed by atoms with van der Waals surface area (Å²) < 4.78 is 5.68. The number of aromatic nitrogens is 1. The van der Waals surface area contributed by atoms with Crippen LogP contribution in [0, 0.1) is 0 Å². The van der Waals surface area contributed by atoms with Gasteiger partial charge in [-0.05, 0) is 30.3 Å². The van der Waals surface area contributed by atoms with Gasteiger partial charge in [-0.3, -0.25) is 0 Å². The largest absolute Gasteiger partial charge is 0.508 e. The number of fused-ring (bicyclic) bond motifs is 1. The molecule has 0 saturated heterocycles. The molecule has 0 saturated carbocycles. The fraction of sp³-hybridized carbons (Fsp3) is 0.0667. The third-order valence-corrected chi connectivity index (χ3v) is 2.91. The summed E-state index contributed by atoms with van der Waals surface area (Å²) in [6, 6.07) is 14.9. The number of phenolic OH excluding ortho intramolecular Hbond substituents is 1. The Balaban J connectivity index is 1.79. The number of rotatable bonds is 3. The quantitative estimate of drug-likeness (QED) is 0.735. The van der Waals surface area contributed by atoms with Gasteiger partial charge >= 0.3 is 0 Å². The minimum absolute atomic E-state index is 0.245. The lowest BCUT2D eigenvalue weighted by molar-refractivity contribution is 0.307. The molecule has 0 amide bonds. The van der Waals surface area contributed by atoms with E-state index in [9.17, 15) is 5.11 Å². The van der Waals surface area contributed by atoms with Gasteiger partial charge in [0.2, 0.25) is 0 Å². The van der Waals surface area contributed by atoms with Gasteiger partial charge in [0.15, 0.2) is 0 Å². The van der Waals surface area contributed by atoms with Crippen molar-refractivity contribution < 1.29 is 9.84 Å². The Morgan fingerprint density at radius 1 is 1.00 bits per heavy atom. The third kappa shape index (κ3) is 2.02. The van der Waals surface area contributed by atoms with E-state index < -0.39 is 0 Å². The number of para-hydroxylation sites is 1. The van der Waals surface area contributed by atoms with E-state index in [1.165, 1.54) is 5.39 Å². The molecule has 90 valence electrons. The zero-order chi connectivity index (χ0) is 12.4. The Morgan fingerprint density at radius 3 is 2.61 bits per heavy atom. The second-order valence-corrected chi connectivity index (χ2v) is 4.14. The molecule has 0 bridgehead atoms. The van der Waals surface area contributed by atoms with E-state index in [4.69, 9.17) is 4.74 Å². The van der Waals surface area contributed by atoms with Gasteiger partial charge in [-0.25, -0.2) is 0 Å². The van der Waals surface area contributed by atoms with Crippen LogP contribution in [0.5, 0.6) is 11.5 Å². The molecule has 3 nitrogen and oxygen atoms in total. The molecular formula is C15H13NO2. The predicted molar refractivity (Wildman–Crippen MR) is 70.7 cm³/mol. The normalized spacial score (nSPS) is 10.7. The van der Waals surface area contributed by atoms with Gasteiger partial charge in [0.1, 0.15) is 18.1 Å². The van der Waals surface area contributed by atoms with E-state index >= 15 is 0 Å². The van der Waals surface area contributed by atoms with Crippen LogP contribution < -0.4 is 4.74 Å². The maximum Gasteiger partial charge on any atom is 0.120 e. The van der Waals surface area contributed by atoms with Crippen LogP contribution in [0.4, 0.5) is 0 Å². The van der Waals surface area contributed by atoms with Crippen molar-refractivity contribution in [3.63, 3.8) is 0 Å². The molecule has 2 aromatic carbocycles. The predicted octanol–water partition coefficient (Wildman–Crippen LogP) is 3.45. The van der Waals surface area contributed by atoms with E-state index in [1.807, 2.05) is 24.4 Å². The molecular weight excluding hydrogens is 226 g/mol. The molecule has 1 aromatic heterocycles. The van der Waals surface area contributed by atoms with E-state index in [0.29, 0.717) is 6.61 Å². The molecule has 0 aliphatic carbocycles. The van der Waals surface area contributed by atoms with Gasteiger partial charge in [0, 0.05) is 22.7 Å². The number of H-pyrrole nitrogens is 1. The molecule has 0 aliphatic rings. The summed E-state index contributed by atoms with van der Waals surface area (Å²) in [5, 5.41) is 10.4. The van der Waals surface area contributed by atoms with Crippen LogP contribution in [0.15, 0.2) is 54.7 Å². The SMILES string of the molecule is Oc1ccc(OCc2c[nH]c3ccccc23)cc1. The van der Waals surface area contributed by atoms with Crippen molar-refractivity contribution >= 4 is 10.9 Å². The van der Waals surface area contributed by atoms with Gasteiger partial charge < -0.3 is 14.8 Å². The fourth-order valence-electron chi connectivity index (χ4n) is 1.95. The number of nitrogens with one attached hydrogen (secondary N) is 1. The van der Waals surface area contributed by atoms with Crippen molar-refractivity contribution in [2.75, 3.05) is 0 Å². The first-order chi connectivity index (χ1) is 8.83. The second-order valence-electron chi connectivity index (χ2n) is 4.14. The van der Waals surface area contributed by atoms with Crippen molar-refractivity contribution in [3.8, 4) is 11.5 Å². The number of aromatic amines is 1. The minimum atomic E-state index is 0.245. The summed E-state index contributed by atoms with van der Waals surface area (Å²) >= 11 is 0. The summed E-state index contributed by atoms with van der Waals surface area (Å²) in [5.41, 5.74) is 2.24. The first-order valence-corrected chi connectivity index (χ1v) is 5.80. The van der Waals surface area contributed by atoms with Crippen LogP contribution in [0.25, 0.3) is 10.9 Å². The number of aromatic hydroxyl groups is 1. The van der Waals surface area contributed by atoms with Crippen LogP contribution in [-0.4, -0.2) is 10.1 Å². The van der Waals surface area contributed by atoms with Gasteiger partial charge in [-0.2, -0.15) is 0 Å². The number of hydrogen-bond acceptors (Lipinski definition) is 2.